The Morgan fingerprint density at radius 2 is 2.00 bits per heavy atom. The second kappa shape index (κ2) is 7.84. The smallest absolute Gasteiger partial charge is 0.248 e. The first kappa shape index (κ1) is 14.7. The van der Waals surface area contributed by atoms with Crippen molar-refractivity contribution in [2.45, 2.75) is 26.6 Å². The number of carbonyl (C=O) groups is 1. The van der Waals surface area contributed by atoms with Gasteiger partial charge in [-0.25, -0.2) is 0 Å². The van der Waals surface area contributed by atoms with Crippen molar-refractivity contribution in [1.82, 2.24) is 5.32 Å². The Morgan fingerprint density at radius 3 is 2.61 bits per heavy atom. The van der Waals surface area contributed by atoms with Gasteiger partial charge in [-0.05, 0) is 18.4 Å². The molecule has 0 aromatic heterocycles. The van der Waals surface area contributed by atoms with Gasteiger partial charge in [0, 0.05) is 13.2 Å². The van der Waals surface area contributed by atoms with Crippen molar-refractivity contribution in [2.75, 3.05) is 13.2 Å². The van der Waals surface area contributed by atoms with Crippen molar-refractivity contribution < 1.29 is 14.6 Å². The Labute approximate surface area is 108 Å². The highest BCUT2D eigenvalue weighted by atomic mass is 16.5. The zero-order chi connectivity index (χ0) is 13.4. The molecule has 0 heterocycles. The predicted molar refractivity (Wildman–Crippen MR) is 70.0 cm³/mol. The topological polar surface area (TPSA) is 58.6 Å². The van der Waals surface area contributed by atoms with Gasteiger partial charge in [-0.15, -0.1) is 0 Å². The summed E-state index contributed by atoms with van der Waals surface area (Å²) in [5, 5.41) is 11.6. The van der Waals surface area contributed by atoms with Crippen molar-refractivity contribution in [2.24, 2.45) is 5.92 Å². The molecule has 1 rings (SSSR count). The Morgan fingerprint density at radius 1 is 1.33 bits per heavy atom. The zero-order valence-electron chi connectivity index (χ0n) is 10.9. The monoisotopic (exact) mass is 251 g/mol. The number of hydrogen-bond acceptors (Lipinski definition) is 3. The van der Waals surface area contributed by atoms with Gasteiger partial charge in [0.25, 0.3) is 0 Å². The first-order valence-corrected chi connectivity index (χ1v) is 6.17. The van der Waals surface area contributed by atoms with Crippen LogP contribution in [0.1, 0.15) is 19.4 Å². The highest BCUT2D eigenvalue weighted by Crippen LogP contribution is 2.03. The maximum Gasteiger partial charge on any atom is 0.248 e. The SMILES string of the molecule is CC(CO)CNC(=O)C(C)OCc1ccccc1. The third-order valence-electron chi connectivity index (χ3n) is 2.65. The van der Waals surface area contributed by atoms with E-state index in [-0.39, 0.29) is 18.4 Å². The fourth-order valence-corrected chi connectivity index (χ4v) is 1.35. The van der Waals surface area contributed by atoms with Crippen LogP contribution >= 0.6 is 0 Å². The van der Waals surface area contributed by atoms with Crippen LogP contribution in [0.5, 0.6) is 0 Å². The second-order valence-corrected chi connectivity index (χ2v) is 4.47. The Balaban J connectivity index is 2.27. The number of nitrogens with one attached hydrogen (secondary N) is 1. The van der Waals surface area contributed by atoms with E-state index in [9.17, 15) is 4.79 Å². The summed E-state index contributed by atoms with van der Waals surface area (Å²) in [6.45, 7) is 4.55. The normalized spacial score (nSPS) is 13.9. The Kier molecular flexibility index (Phi) is 6.39. The van der Waals surface area contributed by atoms with Crippen LogP contribution in [0, 0.1) is 5.92 Å². The Hall–Kier alpha value is -1.39. The molecule has 4 heteroatoms. The number of aliphatic hydroxyl groups excluding tert-OH is 1. The molecule has 100 valence electrons. The highest BCUT2D eigenvalue weighted by molar-refractivity contribution is 5.80. The first-order valence-electron chi connectivity index (χ1n) is 6.17. The van der Waals surface area contributed by atoms with Crippen molar-refractivity contribution in [3.8, 4) is 0 Å². The lowest BCUT2D eigenvalue weighted by Crippen LogP contribution is -2.37. The Bertz CT molecular complexity index is 353. The molecule has 18 heavy (non-hydrogen) atoms. The minimum Gasteiger partial charge on any atom is -0.396 e. The van der Waals surface area contributed by atoms with Crippen LogP contribution in [0.3, 0.4) is 0 Å². The van der Waals surface area contributed by atoms with Crippen LogP contribution in [0.25, 0.3) is 0 Å². The molecule has 0 bridgehead atoms. The summed E-state index contributed by atoms with van der Waals surface area (Å²) in [5.41, 5.74) is 1.04. The minimum absolute atomic E-state index is 0.0651. The van der Waals surface area contributed by atoms with Gasteiger partial charge in [0.15, 0.2) is 0 Å². The standard InChI is InChI=1S/C14H21NO3/c1-11(9-16)8-15-14(17)12(2)18-10-13-6-4-3-5-7-13/h3-7,11-12,16H,8-10H2,1-2H3,(H,15,17). The average Bonchev–Trinajstić information content (AvgIpc) is 2.42. The molecule has 1 amide bonds. The average molecular weight is 251 g/mol. The van der Waals surface area contributed by atoms with Crippen LogP contribution in [0.15, 0.2) is 30.3 Å². The van der Waals surface area contributed by atoms with Crippen LogP contribution in [0.4, 0.5) is 0 Å². The van der Waals surface area contributed by atoms with Gasteiger partial charge in [-0.1, -0.05) is 37.3 Å². The van der Waals surface area contributed by atoms with E-state index in [1.807, 2.05) is 37.3 Å². The first-order chi connectivity index (χ1) is 8.63. The molecule has 1 aromatic carbocycles. The van der Waals surface area contributed by atoms with E-state index in [4.69, 9.17) is 9.84 Å². The molecule has 0 radical (unpaired) electrons. The van der Waals surface area contributed by atoms with E-state index in [1.165, 1.54) is 0 Å². The fourth-order valence-electron chi connectivity index (χ4n) is 1.35. The van der Waals surface area contributed by atoms with Gasteiger partial charge in [-0.3, -0.25) is 4.79 Å². The van der Waals surface area contributed by atoms with Gasteiger partial charge in [0.1, 0.15) is 6.10 Å². The molecule has 4 nitrogen and oxygen atoms in total. The molecule has 0 aliphatic heterocycles. The highest BCUT2D eigenvalue weighted by Gasteiger charge is 2.13. The maximum absolute atomic E-state index is 11.7. The molecule has 2 N–H and O–H groups in total. The largest absolute Gasteiger partial charge is 0.396 e. The number of hydrogen-bond donors (Lipinski definition) is 2. The lowest BCUT2D eigenvalue weighted by atomic mass is 10.2. The summed E-state index contributed by atoms with van der Waals surface area (Å²) in [7, 11) is 0. The quantitative estimate of drug-likeness (QED) is 0.768. The van der Waals surface area contributed by atoms with Crippen LogP contribution in [-0.4, -0.2) is 30.3 Å². The summed E-state index contributed by atoms with van der Waals surface area (Å²) >= 11 is 0. The molecule has 0 aliphatic rings. The van der Waals surface area contributed by atoms with Gasteiger partial charge >= 0.3 is 0 Å². The van der Waals surface area contributed by atoms with Gasteiger partial charge in [-0.2, -0.15) is 0 Å². The fraction of sp³-hybridized carbons (Fsp3) is 0.500. The van der Waals surface area contributed by atoms with E-state index in [2.05, 4.69) is 5.32 Å². The van der Waals surface area contributed by atoms with Gasteiger partial charge < -0.3 is 15.2 Å². The van der Waals surface area contributed by atoms with Crippen molar-refractivity contribution >= 4 is 5.91 Å². The van der Waals surface area contributed by atoms with Crippen molar-refractivity contribution in [1.29, 1.82) is 0 Å². The summed E-state index contributed by atoms with van der Waals surface area (Å²) in [6.07, 6.45) is -0.490. The third-order valence-corrected chi connectivity index (χ3v) is 2.65. The molecule has 2 atom stereocenters. The molecule has 2 unspecified atom stereocenters. The van der Waals surface area contributed by atoms with Crippen molar-refractivity contribution in [3.63, 3.8) is 0 Å². The molecular formula is C14H21NO3. The number of amides is 1. The summed E-state index contributed by atoms with van der Waals surface area (Å²) in [6, 6.07) is 9.73. The lowest BCUT2D eigenvalue weighted by Gasteiger charge is -2.15. The number of aliphatic hydroxyl groups is 1. The molecule has 1 aromatic rings. The predicted octanol–water partition coefficient (Wildman–Crippen LogP) is 1.34. The van der Waals surface area contributed by atoms with Crippen LogP contribution in [0.2, 0.25) is 0 Å². The van der Waals surface area contributed by atoms with Gasteiger partial charge in [0.05, 0.1) is 6.61 Å². The molecular weight excluding hydrogens is 230 g/mol. The van der Waals surface area contributed by atoms with Crippen molar-refractivity contribution in [3.05, 3.63) is 35.9 Å². The molecule has 0 saturated heterocycles. The van der Waals surface area contributed by atoms with E-state index >= 15 is 0 Å². The molecule has 0 aliphatic carbocycles. The van der Waals surface area contributed by atoms with E-state index in [0.717, 1.165) is 5.56 Å². The van der Waals surface area contributed by atoms with E-state index in [0.29, 0.717) is 13.2 Å². The lowest BCUT2D eigenvalue weighted by molar-refractivity contribution is -0.132. The number of benzene rings is 1. The van der Waals surface area contributed by atoms with E-state index < -0.39 is 6.10 Å². The minimum atomic E-state index is -0.490. The zero-order valence-corrected chi connectivity index (χ0v) is 10.9. The number of ether oxygens (including phenoxy) is 1. The second-order valence-electron chi connectivity index (χ2n) is 4.47. The number of carbonyl (C=O) groups excluding carboxylic acids is 1. The van der Waals surface area contributed by atoms with Crippen LogP contribution in [-0.2, 0) is 16.1 Å². The van der Waals surface area contributed by atoms with Crippen LogP contribution < -0.4 is 5.32 Å². The third kappa shape index (κ3) is 5.29. The molecule has 0 fully saturated rings. The summed E-state index contributed by atoms with van der Waals surface area (Å²) in [5.74, 6) is -0.0819. The summed E-state index contributed by atoms with van der Waals surface area (Å²) < 4.78 is 5.48. The van der Waals surface area contributed by atoms with E-state index in [1.54, 1.807) is 6.92 Å². The number of rotatable bonds is 7. The molecule has 0 spiro atoms. The maximum atomic E-state index is 11.7. The van der Waals surface area contributed by atoms with Gasteiger partial charge in [0.2, 0.25) is 5.91 Å². The molecule has 0 saturated carbocycles. The summed E-state index contributed by atoms with van der Waals surface area (Å²) in [4.78, 5) is 11.7.